The molecule has 0 saturated carbocycles. The SMILES string of the molecule is OC(COc1cccc2[nH]ccc12)CN1CCC(COc2ccc(OCc3ccccc3)cc2)CC1. The molecule has 0 bridgehead atoms. The Hall–Kier alpha value is -3.48. The van der Waals surface area contributed by atoms with Gasteiger partial charge in [-0.25, -0.2) is 0 Å². The number of fused-ring (bicyclic) bond motifs is 1. The number of aliphatic hydroxyl groups excluding tert-OH is 1. The largest absolute Gasteiger partial charge is 0.493 e. The van der Waals surface area contributed by atoms with Gasteiger partial charge >= 0.3 is 0 Å². The predicted molar refractivity (Wildman–Crippen MR) is 142 cm³/mol. The molecule has 1 aliphatic rings. The quantitative estimate of drug-likeness (QED) is 0.302. The van der Waals surface area contributed by atoms with Crippen molar-refractivity contribution >= 4 is 10.9 Å². The van der Waals surface area contributed by atoms with Gasteiger partial charge in [0.25, 0.3) is 0 Å². The van der Waals surface area contributed by atoms with Crippen LogP contribution in [0.15, 0.2) is 85.1 Å². The molecule has 0 aliphatic carbocycles. The number of ether oxygens (including phenoxy) is 3. The number of likely N-dealkylation sites (tertiary alicyclic amines) is 1. The first-order valence-electron chi connectivity index (χ1n) is 12.7. The minimum absolute atomic E-state index is 0.290. The van der Waals surface area contributed by atoms with Crippen molar-refractivity contribution in [3.8, 4) is 17.2 Å². The summed E-state index contributed by atoms with van der Waals surface area (Å²) in [6.07, 6.45) is 3.51. The number of hydrogen-bond donors (Lipinski definition) is 2. The number of nitrogens with one attached hydrogen (secondary N) is 1. The Morgan fingerprint density at radius 3 is 2.36 bits per heavy atom. The molecule has 1 atom stereocenters. The Morgan fingerprint density at radius 2 is 1.58 bits per heavy atom. The highest BCUT2D eigenvalue weighted by molar-refractivity contribution is 5.85. The number of nitrogens with zero attached hydrogens (tertiary/aromatic N) is 1. The normalized spacial score (nSPS) is 15.6. The van der Waals surface area contributed by atoms with Crippen molar-refractivity contribution in [1.82, 2.24) is 9.88 Å². The molecule has 6 nitrogen and oxygen atoms in total. The zero-order valence-corrected chi connectivity index (χ0v) is 20.5. The molecule has 1 aliphatic heterocycles. The van der Waals surface area contributed by atoms with Gasteiger partial charge in [-0.2, -0.15) is 0 Å². The summed E-state index contributed by atoms with van der Waals surface area (Å²) in [5.41, 5.74) is 2.19. The lowest BCUT2D eigenvalue weighted by atomic mass is 9.97. The van der Waals surface area contributed by atoms with Crippen LogP contribution in [0.1, 0.15) is 18.4 Å². The highest BCUT2D eigenvalue weighted by atomic mass is 16.5. The highest BCUT2D eigenvalue weighted by Crippen LogP contribution is 2.25. The van der Waals surface area contributed by atoms with Crippen molar-refractivity contribution in [2.75, 3.05) is 32.8 Å². The molecule has 4 aromatic rings. The van der Waals surface area contributed by atoms with Gasteiger partial charge in [-0.15, -0.1) is 0 Å². The summed E-state index contributed by atoms with van der Waals surface area (Å²) in [5.74, 6) is 3.04. The van der Waals surface area contributed by atoms with E-state index < -0.39 is 6.10 Å². The monoisotopic (exact) mass is 486 g/mol. The van der Waals surface area contributed by atoms with E-state index in [0.717, 1.165) is 59.6 Å². The number of aromatic nitrogens is 1. The number of piperidine rings is 1. The standard InChI is InChI=1S/C30H34N2O4/c33-25(22-36-30-8-4-7-29-28(30)13-16-31-29)19-32-17-14-24(15-18-32)21-35-27-11-9-26(10-12-27)34-20-23-5-2-1-3-6-23/h1-13,16,24-25,31,33H,14-15,17-22H2. The van der Waals surface area contributed by atoms with Crippen LogP contribution >= 0.6 is 0 Å². The smallest absolute Gasteiger partial charge is 0.128 e. The first kappa shape index (κ1) is 24.2. The van der Waals surface area contributed by atoms with Gasteiger partial charge in [0.05, 0.1) is 6.61 Å². The van der Waals surface area contributed by atoms with E-state index in [2.05, 4.69) is 22.0 Å². The van der Waals surface area contributed by atoms with Crippen LogP contribution in [0, 0.1) is 5.92 Å². The lowest BCUT2D eigenvalue weighted by molar-refractivity contribution is 0.0507. The maximum Gasteiger partial charge on any atom is 0.128 e. The molecule has 5 rings (SSSR count). The number of H-pyrrole nitrogens is 1. The molecule has 2 heterocycles. The second-order valence-electron chi connectivity index (χ2n) is 9.46. The van der Waals surface area contributed by atoms with E-state index in [1.807, 2.05) is 72.9 Å². The van der Waals surface area contributed by atoms with Crippen LogP contribution in [0.2, 0.25) is 0 Å². The zero-order chi connectivity index (χ0) is 24.6. The third-order valence-electron chi connectivity index (χ3n) is 6.72. The summed E-state index contributed by atoms with van der Waals surface area (Å²) < 4.78 is 17.8. The fourth-order valence-electron chi connectivity index (χ4n) is 4.64. The lowest BCUT2D eigenvalue weighted by Gasteiger charge is -2.33. The molecule has 6 heteroatoms. The number of aliphatic hydroxyl groups is 1. The van der Waals surface area contributed by atoms with E-state index in [-0.39, 0.29) is 0 Å². The number of rotatable bonds is 11. The molecule has 0 amide bonds. The average Bonchev–Trinajstić information content (AvgIpc) is 3.41. The number of β-amino-alcohol motifs (C(OH)–C–C–N with tert-alkyl or cyclic N) is 1. The first-order chi connectivity index (χ1) is 17.7. The van der Waals surface area contributed by atoms with E-state index in [1.165, 1.54) is 0 Å². The van der Waals surface area contributed by atoms with Crippen molar-refractivity contribution < 1.29 is 19.3 Å². The van der Waals surface area contributed by atoms with E-state index in [0.29, 0.717) is 32.3 Å². The Labute approximate surface area is 212 Å². The number of benzene rings is 3. The molecule has 36 heavy (non-hydrogen) atoms. The van der Waals surface area contributed by atoms with Crippen LogP contribution in [-0.2, 0) is 6.61 Å². The van der Waals surface area contributed by atoms with Crippen LogP contribution in [-0.4, -0.2) is 53.9 Å². The van der Waals surface area contributed by atoms with Gasteiger partial charge in [-0.1, -0.05) is 36.4 Å². The molecular weight excluding hydrogens is 452 g/mol. The second kappa shape index (κ2) is 12.0. The van der Waals surface area contributed by atoms with Gasteiger partial charge in [-0.3, -0.25) is 0 Å². The second-order valence-corrected chi connectivity index (χ2v) is 9.46. The molecule has 1 fully saturated rings. The van der Waals surface area contributed by atoms with Crippen LogP contribution < -0.4 is 14.2 Å². The molecule has 1 saturated heterocycles. The van der Waals surface area contributed by atoms with Gasteiger partial charge in [0.1, 0.15) is 36.6 Å². The minimum Gasteiger partial charge on any atom is -0.493 e. The number of hydrogen-bond acceptors (Lipinski definition) is 5. The van der Waals surface area contributed by atoms with Crippen molar-refractivity contribution in [2.45, 2.75) is 25.6 Å². The summed E-state index contributed by atoms with van der Waals surface area (Å²) in [6.45, 7) is 4.11. The molecule has 1 aromatic heterocycles. The van der Waals surface area contributed by atoms with E-state index in [1.54, 1.807) is 0 Å². The van der Waals surface area contributed by atoms with Gasteiger partial charge in [0.15, 0.2) is 0 Å². The molecule has 0 radical (unpaired) electrons. The highest BCUT2D eigenvalue weighted by Gasteiger charge is 2.22. The summed E-state index contributed by atoms with van der Waals surface area (Å²) in [5, 5.41) is 11.6. The molecule has 2 N–H and O–H groups in total. The molecular formula is C30H34N2O4. The maximum atomic E-state index is 10.5. The number of aromatic amines is 1. The molecule has 0 spiro atoms. The predicted octanol–water partition coefficient (Wildman–Crippen LogP) is 5.28. The van der Waals surface area contributed by atoms with Gasteiger partial charge in [0, 0.05) is 23.6 Å². The Kier molecular flexibility index (Phi) is 8.06. The molecule has 1 unspecified atom stereocenters. The minimum atomic E-state index is -0.519. The van der Waals surface area contributed by atoms with Gasteiger partial charge in [-0.05, 0) is 79.9 Å². The topological polar surface area (TPSA) is 67.0 Å². The van der Waals surface area contributed by atoms with Gasteiger partial charge in [0.2, 0.25) is 0 Å². The van der Waals surface area contributed by atoms with Crippen molar-refractivity contribution in [2.24, 2.45) is 5.92 Å². The van der Waals surface area contributed by atoms with E-state index in [4.69, 9.17) is 14.2 Å². The molecule has 188 valence electrons. The summed E-state index contributed by atoms with van der Waals surface area (Å²) in [7, 11) is 0. The Morgan fingerprint density at radius 1 is 0.833 bits per heavy atom. The maximum absolute atomic E-state index is 10.5. The van der Waals surface area contributed by atoms with E-state index in [9.17, 15) is 5.11 Å². The van der Waals surface area contributed by atoms with E-state index >= 15 is 0 Å². The zero-order valence-electron chi connectivity index (χ0n) is 20.5. The summed E-state index contributed by atoms with van der Waals surface area (Å²) in [6, 6.07) is 25.9. The lowest BCUT2D eigenvalue weighted by Crippen LogP contribution is -2.41. The summed E-state index contributed by atoms with van der Waals surface area (Å²) in [4.78, 5) is 5.50. The first-order valence-corrected chi connectivity index (χ1v) is 12.7. The van der Waals surface area contributed by atoms with Crippen LogP contribution in [0.25, 0.3) is 10.9 Å². The Balaban J connectivity index is 0.988. The fourth-order valence-corrected chi connectivity index (χ4v) is 4.64. The van der Waals surface area contributed by atoms with Gasteiger partial charge < -0.3 is 29.2 Å². The van der Waals surface area contributed by atoms with Crippen LogP contribution in [0.3, 0.4) is 0 Å². The third-order valence-corrected chi connectivity index (χ3v) is 6.72. The van der Waals surface area contributed by atoms with Crippen LogP contribution in [0.4, 0.5) is 0 Å². The molecule has 3 aromatic carbocycles. The van der Waals surface area contributed by atoms with Crippen LogP contribution in [0.5, 0.6) is 17.2 Å². The van der Waals surface area contributed by atoms with Crippen molar-refractivity contribution in [3.05, 3.63) is 90.6 Å². The third kappa shape index (κ3) is 6.59. The average molecular weight is 487 g/mol. The van der Waals surface area contributed by atoms with Crippen molar-refractivity contribution in [3.63, 3.8) is 0 Å². The Bertz CT molecular complexity index is 1200. The fraction of sp³-hybridized carbons (Fsp3) is 0.333. The van der Waals surface area contributed by atoms with Crippen molar-refractivity contribution in [1.29, 1.82) is 0 Å². The summed E-state index contributed by atoms with van der Waals surface area (Å²) >= 11 is 0.